The average Bonchev–Trinajstić information content (AvgIpc) is 2.88. The zero-order valence-electron chi connectivity index (χ0n) is 15.8. The maximum atomic E-state index is 13.3. The number of aryl methyl sites for hydroxylation is 3. The highest BCUT2D eigenvalue weighted by molar-refractivity contribution is 6.07. The van der Waals surface area contributed by atoms with Crippen molar-refractivity contribution in [2.24, 2.45) is 0 Å². The molecule has 138 valence electrons. The molecule has 0 saturated carbocycles. The predicted molar refractivity (Wildman–Crippen MR) is 104 cm³/mol. The van der Waals surface area contributed by atoms with Gasteiger partial charge in [-0.1, -0.05) is 12.1 Å². The summed E-state index contributed by atoms with van der Waals surface area (Å²) in [6.45, 7) is 7.07. The van der Waals surface area contributed by atoms with Crippen LogP contribution < -0.4 is 5.56 Å². The topological polar surface area (TPSA) is 79.0 Å². The summed E-state index contributed by atoms with van der Waals surface area (Å²) in [5.41, 5.74) is 6.02. The Morgan fingerprint density at radius 2 is 1.93 bits per heavy atom. The first-order valence-corrected chi connectivity index (χ1v) is 9.18. The molecule has 0 spiro atoms. The number of fused-ring (bicyclic) bond motifs is 2. The summed E-state index contributed by atoms with van der Waals surface area (Å²) in [5.74, 6) is -0.0158. The van der Waals surface area contributed by atoms with E-state index in [1.807, 2.05) is 36.9 Å². The van der Waals surface area contributed by atoms with Crippen LogP contribution in [0.15, 0.2) is 29.3 Å². The summed E-state index contributed by atoms with van der Waals surface area (Å²) >= 11 is 0. The summed E-state index contributed by atoms with van der Waals surface area (Å²) in [7, 11) is 0. The number of nitrogens with zero attached hydrogens (tertiary/aromatic N) is 3. The smallest absolute Gasteiger partial charge is 0.254 e. The van der Waals surface area contributed by atoms with Gasteiger partial charge in [0, 0.05) is 36.2 Å². The number of hydrogen-bond donors (Lipinski definition) is 1. The molecule has 27 heavy (non-hydrogen) atoms. The molecular weight excluding hydrogens is 340 g/mol. The van der Waals surface area contributed by atoms with Crippen molar-refractivity contribution in [1.82, 2.24) is 19.9 Å². The second-order valence-corrected chi connectivity index (χ2v) is 7.16. The molecular formula is C21H22N4O2. The Hall–Kier alpha value is -3.02. The normalized spacial score (nSPS) is 14.1. The molecule has 6 heteroatoms. The largest absolute Gasteiger partial charge is 0.338 e. The zero-order valence-corrected chi connectivity index (χ0v) is 15.8. The van der Waals surface area contributed by atoms with Crippen molar-refractivity contribution in [3.05, 3.63) is 68.5 Å². The van der Waals surface area contributed by atoms with Gasteiger partial charge in [-0.15, -0.1) is 0 Å². The van der Waals surface area contributed by atoms with Gasteiger partial charge in [0.2, 0.25) is 0 Å². The highest BCUT2D eigenvalue weighted by atomic mass is 16.2. The van der Waals surface area contributed by atoms with Gasteiger partial charge in [-0.2, -0.15) is 0 Å². The van der Waals surface area contributed by atoms with Gasteiger partial charge < -0.3 is 9.88 Å². The van der Waals surface area contributed by atoms with Crippen molar-refractivity contribution in [2.45, 2.75) is 33.6 Å². The van der Waals surface area contributed by atoms with Crippen molar-refractivity contribution < 1.29 is 4.79 Å². The van der Waals surface area contributed by atoms with Crippen molar-refractivity contribution >= 4 is 16.8 Å². The summed E-state index contributed by atoms with van der Waals surface area (Å²) in [6, 6.07) is 5.88. The number of amides is 1. The maximum absolute atomic E-state index is 13.3. The number of rotatable bonds is 1. The van der Waals surface area contributed by atoms with E-state index in [-0.39, 0.29) is 11.5 Å². The van der Waals surface area contributed by atoms with Gasteiger partial charge in [-0.3, -0.25) is 14.6 Å². The van der Waals surface area contributed by atoms with E-state index < -0.39 is 0 Å². The molecule has 3 aromatic rings. The lowest BCUT2D eigenvalue weighted by atomic mass is 10.00. The lowest BCUT2D eigenvalue weighted by Gasteiger charge is -2.21. The quantitative estimate of drug-likeness (QED) is 0.721. The zero-order chi connectivity index (χ0) is 19.1. The molecule has 0 atom stereocenters. The van der Waals surface area contributed by atoms with Crippen LogP contribution in [0.5, 0.6) is 0 Å². The molecule has 0 aliphatic carbocycles. The van der Waals surface area contributed by atoms with Crippen LogP contribution in [-0.4, -0.2) is 38.8 Å². The van der Waals surface area contributed by atoms with Crippen LogP contribution in [0.2, 0.25) is 0 Å². The van der Waals surface area contributed by atoms with Gasteiger partial charge in [0.1, 0.15) is 0 Å². The minimum absolute atomic E-state index is 0.0158. The fraction of sp³-hybridized carbons (Fsp3) is 0.333. The van der Waals surface area contributed by atoms with Gasteiger partial charge in [0.15, 0.2) is 0 Å². The van der Waals surface area contributed by atoms with E-state index in [1.54, 1.807) is 0 Å². The Kier molecular flexibility index (Phi) is 4.26. The summed E-state index contributed by atoms with van der Waals surface area (Å²) < 4.78 is 0. The van der Waals surface area contributed by atoms with Crippen LogP contribution in [0.4, 0.5) is 0 Å². The number of carbonyl (C=O) groups excluding carboxylic acids is 1. The van der Waals surface area contributed by atoms with Crippen molar-refractivity contribution in [2.75, 3.05) is 13.1 Å². The molecule has 0 bridgehead atoms. The number of aromatic amines is 1. The molecule has 0 unspecified atom stereocenters. The second kappa shape index (κ2) is 6.61. The Bertz CT molecular complexity index is 1120. The van der Waals surface area contributed by atoms with Crippen LogP contribution in [-0.2, 0) is 12.8 Å². The van der Waals surface area contributed by atoms with Crippen molar-refractivity contribution in [3.63, 3.8) is 0 Å². The molecule has 1 aliphatic rings. The summed E-state index contributed by atoms with van der Waals surface area (Å²) in [5, 5.41) is 0.881. The van der Waals surface area contributed by atoms with E-state index >= 15 is 0 Å². The predicted octanol–water partition coefficient (Wildman–Crippen LogP) is 2.48. The van der Waals surface area contributed by atoms with E-state index in [9.17, 15) is 9.59 Å². The Morgan fingerprint density at radius 1 is 1.15 bits per heavy atom. The minimum Gasteiger partial charge on any atom is -0.338 e. The van der Waals surface area contributed by atoms with Crippen molar-refractivity contribution in [3.8, 4) is 0 Å². The highest BCUT2D eigenvalue weighted by Crippen LogP contribution is 2.25. The Balaban J connectivity index is 1.73. The van der Waals surface area contributed by atoms with Gasteiger partial charge in [0.05, 0.1) is 23.1 Å². The number of carbonyl (C=O) groups is 1. The monoisotopic (exact) mass is 362 g/mol. The molecule has 1 amide bonds. The molecule has 4 rings (SSSR count). The van der Waals surface area contributed by atoms with E-state index in [2.05, 4.69) is 21.9 Å². The molecule has 3 heterocycles. The first-order valence-electron chi connectivity index (χ1n) is 9.18. The van der Waals surface area contributed by atoms with E-state index in [1.165, 1.54) is 6.33 Å². The van der Waals surface area contributed by atoms with E-state index in [4.69, 9.17) is 0 Å². The molecule has 0 saturated heterocycles. The SMILES string of the molecule is Cc1cc(C(=O)N2CCc3nc[nH]c(=O)c3CC2)c2ccc(C)c(C)c2n1. The van der Waals surface area contributed by atoms with Gasteiger partial charge in [-0.25, -0.2) is 4.98 Å². The lowest BCUT2D eigenvalue weighted by molar-refractivity contribution is 0.0764. The lowest BCUT2D eigenvalue weighted by Crippen LogP contribution is -2.33. The molecule has 6 nitrogen and oxygen atoms in total. The van der Waals surface area contributed by atoms with Crippen LogP contribution >= 0.6 is 0 Å². The number of benzene rings is 1. The Labute approximate surface area is 157 Å². The average molecular weight is 362 g/mol. The molecule has 0 radical (unpaired) electrons. The number of pyridine rings is 1. The maximum Gasteiger partial charge on any atom is 0.254 e. The number of aromatic nitrogens is 3. The molecule has 0 fully saturated rings. The molecule has 1 N–H and O–H groups in total. The minimum atomic E-state index is -0.106. The Morgan fingerprint density at radius 3 is 2.74 bits per heavy atom. The number of hydrogen-bond acceptors (Lipinski definition) is 4. The van der Waals surface area contributed by atoms with Gasteiger partial charge in [0.25, 0.3) is 11.5 Å². The first kappa shape index (κ1) is 17.4. The van der Waals surface area contributed by atoms with Crippen LogP contribution in [0.3, 0.4) is 0 Å². The third-order valence-electron chi connectivity index (χ3n) is 5.44. The van der Waals surface area contributed by atoms with Crippen LogP contribution in [0, 0.1) is 20.8 Å². The third kappa shape index (κ3) is 3.01. The fourth-order valence-electron chi connectivity index (χ4n) is 3.75. The fourth-order valence-corrected chi connectivity index (χ4v) is 3.75. The number of H-pyrrole nitrogens is 1. The van der Waals surface area contributed by atoms with Gasteiger partial charge >= 0.3 is 0 Å². The van der Waals surface area contributed by atoms with Crippen LogP contribution in [0.25, 0.3) is 10.9 Å². The van der Waals surface area contributed by atoms with E-state index in [0.717, 1.165) is 33.4 Å². The van der Waals surface area contributed by atoms with Crippen LogP contribution in [0.1, 0.15) is 38.4 Å². The van der Waals surface area contributed by atoms with Crippen molar-refractivity contribution in [1.29, 1.82) is 0 Å². The molecule has 1 aromatic carbocycles. The third-order valence-corrected chi connectivity index (χ3v) is 5.44. The molecule has 2 aromatic heterocycles. The van der Waals surface area contributed by atoms with E-state index in [0.29, 0.717) is 37.1 Å². The number of nitrogens with one attached hydrogen (secondary N) is 1. The second-order valence-electron chi connectivity index (χ2n) is 7.16. The standard InChI is InChI=1S/C21H22N4O2/c1-12-4-5-15-17(10-13(2)24-19(15)14(12)3)21(27)25-8-6-16-18(7-9-25)22-11-23-20(16)26/h4-5,10-11H,6-9H2,1-3H3,(H,22,23,26). The summed E-state index contributed by atoms with van der Waals surface area (Å²) in [4.78, 5) is 38.8. The summed E-state index contributed by atoms with van der Waals surface area (Å²) in [6.07, 6.45) is 2.54. The molecule has 1 aliphatic heterocycles. The van der Waals surface area contributed by atoms with Gasteiger partial charge in [-0.05, 0) is 44.4 Å². The first-order chi connectivity index (χ1) is 13.0. The highest BCUT2D eigenvalue weighted by Gasteiger charge is 2.24.